The van der Waals surface area contributed by atoms with E-state index in [0.717, 1.165) is 5.56 Å². The van der Waals surface area contributed by atoms with Crippen molar-refractivity contribution >= 4 is 11.7 Å². The number of hydrogen-bond acceptors (Lipinski definition) is 5. The van der Waals surface area contributed by atoms with Crippen molar-refractivity contribution in [2.75, 3.05) is 12.5 Å². The van der Waals surface area contributed by atoms with Gasteiger partial charge in [-0.25, -0.2) is 15.2 Å². The number of nitrogens with one attached hydrogen (secondary N) is 1. The second kappa shape index (κ2) is 6.07. The maximum Gasteiger partial charge on any atom is 0.257 e. The van der Waals surface area contributed by atoms with E-state index >= 15 is 0 Å². The number of hydrazine groups is 1. The van der Waals surface area contributed by atoms with E-state index in [4.69, 9.17) is 5.84 Å². The predicted octanol–water partition coefficient (Wildman–Crippen LogP) is 1.17. The summed E-state index contributed by atoms with van der Waals surface area (Å²) in [5.41, 5.74) is 2.88. The molecule has 0 aliphatic rings. The van der Waals surface area contributed by atoms with Crippen LogP contribution < -0.4 is 11.3 Å². The molecule has 0 bridgehead atoms. The normalized spacial score (nSPS) is 10.2. The van der Waals surface area contributed by atoms with Crippen LogP contribution in [0.1, 0.15) is 15.9 Å². The summed E-state index contributed by atoms with van der Waals surface area (Å²) in [6.45, 7) is 0.333. The Balaban J connectivity index is 2.19. The van der Waals surface area contributed by atoms with E-state index in [1.54, 1.807) is 25.5 Å². The van der Waals surface area contributed by atoms with Crippen LogP contribution in [0.5, 0.6) is 0 Å². The first-order chi connectivity index (χ1) is 9.63. The lowest BCUT2D eigenvalue weighted by Crippen LogP contribution is -2.27. The topological polar surface area (TPSA) is 84.1 Å². The van der Waals surface area contributed by atoms with Gasteiger partial charge in [-0.15, -0.1) is 0 Å². The van der Waals surface area contributed by atoms with Gasteiger partial charge in [-0.3, -0.25) is 9.78 Å². The SMILES string of the molecule is CN(Cc1cccnc1)C(=O)c1ccnc(NN)c1F. The summed E-state index contributed by atoms with van der Waals surface area (Å²) in [6.07, 6.45) is 4.62. The molecule has 0 aliphatic heterocycles. The molecule has 0 atom stereocenters. The van der Waals surface area contributed by atoms with Crippen LogP contribution in [-0.2, 0) is 6.54 Å². The first-order valence-corrected chi connectivity index (χ1v) is 5.89. The largest absolute Gasteiger partial charge is 0.337 e. The van der Waals surface area contributed by atoms with E-state index in [1.165, 1.54) is 17.2 Å². The predicted molar refractivity (Wildman–Crippen MR) is 72.0 cm³/mol. The molecule has 0 aliphatic carbocycles. The number of nitrogens with two attached hydrogens (primary N) is 1. The molecule has 0 saturated carbocycles. The average Bonchev–Trinajstić information content (AvgIpc) is 2.48. The molecule has 0 fully saturated rings. The average molecular weight is 275 g/mol. The van der Waals surface area contributed by atoms with Gasteiger partial charge in [0, 0.05) is 32.2 Å². The molecule has 1 amide bonds. The van der Waals surface area contributed by atoms with E-state index in [-0.39, 0.29) is 11.4 Å². The van der Waals surface area contributed by atoms with Crippen LogP contribution >= 0.6 is 0 Å². The molecule has 0 unspecified atom stereocenters. The fourth-order valence-corrected chi connectivity index (χ4v) is 1.75. The second-order valence-electron chi connectivity index (χ2n) is 4.19. The molecular weight excluding hydrogens is 261 g/mol. The van der Waals surface area contributed by atoms with Crippen molar-refractivity contribution < 1.29 is 9.18 Å². The van der Waals surface area contributed by atoms with Crippen molar-refractivity contribution in [3.63, 3.8) is 0 Å². The lowest BCUT2D eigenvalue weighted by molar-refractivity contribution is 0.0780. The maximum absolute atomic E-state index is 14.0. The lowest BCUT2D eigenvalue weighted by atomic mass is 10.2. The summed E-state index contributed by atoms with van der Waals surface area (Å²) in [5.74, 6) is 3.75. The summed E-state index contributed by atoms with van der Waals surface area (Å²) in [7, 11) is 1.59. The van der Waals surface area contributed by atoms with Gasteiger partial charge in [0.25, 0.3) is 5.91 Å². The van der Waals surface area contributed by atoms with Crippen molar-refractivity contribution in [2.24, 2.45) is 5.84 Å². The van der Waals surface area contributed by atoms with E-state index in [2.05, 4.69) is 15.4 Å². The van der Waals surface area contributed by atoms with Gasteiger partial charge in [-0.05, 0) is 17.7 Å². The minimum Gasteiger partial charge on any atom is -0.337 e. The fraction of sp³-hybridized carbons (Fsp3) is 0.154. The van der Waals surface area contributed by atoms with Crippen molar-refractivity contribution in [1.82, 2.24) is 14.9 Å². The van der Waals surface area contributed by atoms with Crippen LogP contribution in [0.2, 0.25) is 0 Å². The Morgan fingerprint density at radius 3 is 2.90 bits per heavy atom. The molecule has 0 aromatic carbocycles. The molecule has 2 aromatic heterocycles. The molecule has 20 heavy (non-hydrogen) atoms. The standard InChI is InChI=1S/C13H14FN5O/c1-19(8-9-3-2-5-16-7-9)13(20)10-4-6-17-12(18-15)11(10)14/h2-7H,8,15H2,1H3,(H,17,18). The third kappa shape index (κ3) is 2.89. The van der Waals surface area contributed by atoms with Gasteiger partial charge in [0.15, 0.2) is 11.6 Å². The number of amides is 1. The third-order valence-electron chi connectivity index (χ3n) is 2.75. The Bertz CT molecular complexity index is 605. The van der Waals surface area contributed by atoms with Crippen molar-refractivity contribution in [1.29, 1.82) is 0 Å². The van der Waals surface area contributed by atoms with Crippen LogP contribution in [0.3, 0.4) is 0 Å². The Morgan fingerprint density at radius 2 is 2.25 bits per heavy atom. The van der Waals surface area contributed by atoms with Gasteiger partial charge in [0.05, 0.1) is 5.56 Å². The highest BCUT2D eigenvalue weighted by molar-refractivity contribution is 5.95. The molecule has 0 spiro atoms. The van der Waals surface area contributed by atoms with Gasteiger partial charge in [-0.2, -0.15) is 0 Å². The Labute approximate surface area is 115 Å². The minimum absolute atomic E-state index is 0.0839. The summed E-state index contributed by atoms with van der Waals surface area (Å²) < 4.78 is 14.0. The van der Waals surface area contributed by atoms with Gasteiger partial charge in [0.1, 0.15) is 0 Å². The number of carbonyl (C=O) groups excluding carboxylic acids is 1. The minimum atomic E-state index is -0.766. The zero-order valence-electron chi connectivity index (χ0n) is 10.9. The second-order valence-corrected chi connectivity index (χ2v) is 4.19. The number of hydrogen-bond donors (Lipinski definition) is 2. The van der Waals surface area contributed by atoms with Crippen molar-refractivity contribution in [2.45, 2.75) is 6.54 Å². The third-order valence-corrected chi connectivity index (χ3v) is 2.75. The van der Waals surface area contributed by atoms with E-state index in [0.29, 0.717) is 6.54 Å². The van der Waals surface area contributed by atoms with E-state index < -0.39 is 11.7 Å². The van der Waals surface area contributed by atoms with Crippen LogP contribution in [0.25, 0.3) is 0 Å². The van der Waals surface area contributed by atoms with Crippen LogP contribution in [0.4, 0.5) is 10.2 Å². The Morgan fingerprint density at radius 1 is 1.45 bits per heavy atom. The highest BCUT2D eigenvalue weighted by Gasteiger charge is 2.19. The van der Waals surface area contributed by atoms with Crippen molar-refractivity contribution in [3.8, 4) is 0 Å². The van der Waals surface area contributed by atoms with Crippen LogP contribution in [-0.4, -0.2) is 27.8 Å². The molecule has 2 aromatic rings. The zero-order valence-corrected chi connectivity index (χ0v) is 10.9. The first-order valence-electron chi connectivity index (χ1n) is 5.89. The molecule has 2 rings (SSSR count). The number of carbonyl (C=O) groups is 1. The van der Waals surface area contributed by atoms with Gasteiger partial charge < -0.3 is 10.3 Å². The zero-order chi connectivity index (χ0) is 14.5. The summed E-state index contributed by atoms with van der Waals surface area (Å²) in [6, 6.07) is 4.93. The highest BCUT2D eigenvalue weighted by Crippen LogP contribution is 2.16. The van der Waals surface area contributed by atoms with Crippen LogP contribution in [0, 0.1) is 5.82 Å². The lowest BCUT2D eigenvalue weighted by Gasteiger charge is -2.17. The maximum atomic E-state index is 14.0. The smallest absolute Gasteiger partial charge is 0.257 e. The molecule has 0 radical (unpaired) electrons. The summed E-state index contributed by atoms with van der Waals surface area (Å²) in [4.78, 5) is 21.3. The van der Waals surface area contributed by atoms with Crippen LogP contribution in [0.15, 0.2) is 36.8 Å². The van der Waals surface area contributed by atoms with Gasteiger partial charge >= 0.3 is 0 Å². The summed E-state index contributed by atoms with van der Waals surface area (Å²) in [5, 5.41) is 0. The number of anilines is 1. The Kier molecular flexibility index (Phi) is 4.21. The quantitative estimate of drug-likeness (QED) is 0.646. The molecule has 6 nitrogen and oxygen atoms in total. The number of pyridine rings is 2. The molecule has 3 N–H and O–H groups in total. The summed E-state index contributed by atoms with van der Waals surface area (Å²) >= 11 is 0. The van der Waals surface area contributed by atoms with Gasteiger partial charge in [-0.1, -0.05) is 6.07 Å². The molecule has 2 heterocycles. The molecule has 0 saturated heterocycles. The number of nitrogen functional groups attached to an aromatic ring is 1. The van der Waals surface area contributed by atoms with Gasteiger partial charge in [0.2, 0.25) is 0 Å². The molecule has 104 valence electrons. The monoisotopic (exact) mass is 275 g/mol. The number of halogens is 1. The van der Waals surface area contributed by atoms with Crippen molar-refractivity contribution in [3.05, 3.63) is 53.7 Å². The number of nitrogens with zero attached hydrogens (tertiary/aromatic N) is 3. The fourth-order valence-electron chi connectivity index (χ4n) is 1.75. The van der Waals surface area contributed by atoms with E-state index in [1.807, 2.05) is 6.07 Å². The number of rotatable bonds is 4. The molecular formula is C13H14FN5O. The molecule has 7 heteroatoms. The Hall–Kier alpha value is -2.54. The van der Waals surface area contributed by atoms with E-state index in [9.17, 15) is 9.18 Å². The first kappa shape index (κ1) is 13.9. The highest BCUT2D eigenvalue weighted by atomic mass is 19.1. The number of aromatic nitrogens is 2.